The fourth-order valence-electron chi connectivity index (χ4n) is 2.34. The lowest BCUT2D eigenvalue weighted by atomic mass is 10.1. The van der Waals surface area contributed by atoms with E-state index in [0.29, 0.717) is 5.82 Å². The van der Waals surface area contributed by atoms with Crippen LogP contribution in [0.5, 0.6) is 0 Å². The highest BCUT2D eigenvalue weighted by atomic mass is 19.1. The van der Waals surface area contributed by atoms with Crippen LogP contribution in [0.4, 0.5) is 4.39 Å². The zero-order valence-corrected chi connectivity index (χ0v) is 11.1. The maximum Gasteiger partial charge on any atom is 0.176 e. The largest absolute Gasteiger partial charge is 0.335 e. The van der Waals surface area contributed by atoms with Crippen LogP contribution in [0, 0.1) is 5.82 Å². The summed E-state index contributed by atoms with van der Waals surface area (Å²) in [5.41, 5.74) is 4.01. The molecule has 0 atom stereocenters. The number of aromatic amines is 2. The molecule has 3 aromatic heterocycles. The van der Waals surface area contributed by atoms with Gasteiger partial charge in [-0.2, -0.15) is 10.2 Å². The first-order chi connectivity index (χ1) is 10.2. The summed E-state index contributed by atoms with van der Waals surface area (Å²) in [4.78, 5) is 7.74. The Hall–Kier alpha value is -2.96. The van der Waals surface area contributed by atoms with Crippen LogP contribution >= 0.6 is 0 Å². The van der Waals surface area contributed by atoms with E-state index in [9.17, 15) is 4.39 Å². The molecule has 0 aliphatic carbocycles. The van der Waals surface area contributed by atoms with Crippen molar-refractivity contribution in [3.8, 4) is 22.6 Å². The number of nitrogens with zero attached hydrogens (tertiary/aromatic N) is 4. The lowest BCUT2D eigenvalue weighted by Gasteiger charge is -2.00. The van der Waals surface area contributed by atoms with E-state index >= 15 is 0 Å². The van der Waals surface area contributed by atoms with E-state index in [0.717, 1.165) is 28.0 Å². The Morgan fingerprint density at radius 1 is 1.19 bits per heavy atom. The predicted octanol–water partition coefficient (Wildman–Crippen LogP) is 2.49. The van der Waals surface area contributed by atoms with Crippen LogP contribution in [0.3, 0.4) is 0 Å². The van der Waals surface area contributed by atoms with Gasteiger partial charge in [0.2, 0.25) is 0 Å². The molecule has 2 N–H and O–H groups in total. The molecule has 6 nitrogen and oxygen atoms in total. The number of imidazole rings is 1. The van der Waals surface area contributed by atoms with Crippen LogP contribution < -0.4 is 0 Å². The van der Waals surface area contributed by atoms with Gasteiger partial charge in [-0.3, -0.25) is 5.10 Å². The van der Waals surface area contributed by atoms with Crippen molar-refractivity contribution in [1.82, 2.24) is 29.9 Å². The fourth-order valence-corrected chi connectivity index (χ4v) is 2.34. The Morgan fingerprint density at radius 2 is 2.00 bits per heavy atom. The summed E-state index contributed by atoms with van der Waals surface area (Å²) in [6.45, 7) is 0. The third kappa shape index (κ3) is 1.82. The molecule has 7 heteroatoms. The lowest BCUT2D eigenvalue weighted by molar-refractivity contribution is 0.628. The van der Waals surface area contributed by atoms with E-state index in [2.05, 4.69) is 25.3 Å². The van der Waals surface area contributed by atoms with Gasteiger partial charge in [0.05, 0.1) is 11.8 Å². The van der Waals surface area contributed by atoms with Gasteiger partial charge >= 0.3 is 0 Å². The van der Waals surface area contributed by atoms with Gasteiger partial charge in [0.1, 0.15) is 22.9 Å². The van der Waals surface area contributed by atoms with Gasteiger partial charge in [0, 0.05) is 18.8 Å². The molecule has 0 saturated carbocycles. The van der Waals surface area contributed by atoms with Crippen LogP contribution in [0.25, 0.3) is 33.8 Å². The van der Waals surface area contributed by atoms with Gasteiger partial charge in [0.15, 0.2) is 5.65 Å². The van der Waals surface area contributed by atoms with Gasteiger partial charge in [0.25, 0.3) is 0 Å². The van der Waals surface area contributed by atoms with Crippen molar-refractivity contribution in [2.45, 2.75) is 0 Å². The molecule has 4 aromatic rings. The maximum atomic E-state index is 13.0. The Balaban J connectivity index is 1.86. The molecular formula is C14H11FN6. The van der Waals surface area contributed by atoms with Gasteiger partial charge in [-0.25, -0.2) is 14.1 Å². The van der Waals surface area contributed by atoms with Crippen LogP contribution in [-0.4, -0.2) is 29.9 Å². The Kier molecular flexibility index (Phi) is 2.41. The molecule has 4 rings (SSSR count). The molecule has 0 amide bonds. The van der Waals surface area contributed by atoms with E-state index in [1.54, 1.807) is 29.2 Å². The molecular weight excluding hydrogens is 271 g/mol. The highest BCUT2D eigenvalue weighted by Gasteiger charge is 2.15. The topological polar surface area (TPSA) is 75.2 Å². The second kappa shape index (κ2) is 4.27. The van der Waals surface area contributed by atoms with Crippen LogP contribution in [0.1, 0.15) is 0 Å². The molecule has 0 unspecified atom stereocenters. The molecule has 0 bridgehead atoms. The maximum absolute atomic E-state index is 13.0. The molecule has 0 saturated heterocycles. The summed E-state index contributed by atoms with van der Waals surface area (Å²) in [5.74, 6) is 0.428. The minimum atomic E-state index is -0.273. The van der Waals surface area contributed by atoms with Crippen molar-refractivity contribution in [2.75, 3.05) is 0 Å². The van der Waals surface area contributed by atoms with E-state index < -0.39 is 0 Å². The van der Waals surface area contributed by atoms with Crippen LogP contribution in [0.2, 0.25) is 0 Å². The smallest absolute Gasteiger partial charge is 0.176 e. The van der Waals surface area contributed by atoms with E-state index in [-0.39, 0.29) is 5.82 Å². The number of rotatable bonds is 2. The normalized spacial score (nSPS) is 11.3. The number of hydrogen-bond acceptors (Lipinski definition) is 3. The molecule has 0 spiro atoms. The molecule has 104 valence electrons. The predicted molar refractivity (Wildman–Crippen MR) is 75.8 cm³/mol. The first kappa shape index (κ1) is 11.8. The van der Waals surface area contributed by atoms with E-state index in [1.165, 1.54) is 12.1 Å². The second-order valence-electron chi connectivity index (χ2n) is 4.75. The number of halogens is 1. The number of hydrogen-bond donors (Lipinski definition) is 2. The summed E-state index contributed by atoms with van der Waals surface area (Å²) in [5, 5.41) is 11.2. The van der Waals surface area contributed by atoms with Gasteiger partial charge < -0.3 is 4.98 Å². The zero-order valence-electron chi connectivity index (χ0n) is 11.1. The number of aryl methyl sites for hydroxylation is 1. The Morgan fingerprint density at radius 3 is 2.76 bits per heavy atom. The standard InChI is InChI=1S/C14H11FN6/c1-21-14-11(7-17-21)18-13(19-14)10-6-16-20-12(10)8-2-4-9(15)5-3-8/h2-7H,1H3,(H,16,20)(H,18,19). The Bertz CT molecular complexity index is 915. The third-order valence-corrected chi connectivity index (χ3v) is 3.39. The highest BCUT2D eigenvalue weighted by molar-refractivity contribution is 5.82. The van der Waals surface area contributed by atoms with Gasteiger partial charge in [-0.1, -0.05) is 0 Å². The molecule has 0 radical (unpaired) electrons. The van der Waals surface area contributed by atoms with Crippen molar-refractivity contribution in [3.63, 3.8) is 0 Å². The molecule has 0 aliphatic rings. The summed E-state index contributed by atoms with van der Waals surface area (Å²) in [6.07, 6.45) is 3.49. The van der Waals surface area contributed by atoms with E-state index in [1.807, 2.05) is 7.05 Å². The lowest BCUT2D eigenvalue weighted by Crippen LogP contribution is -1.90. The summed E-state index contributed by atoms with van der Waals surface area (Å²) < 4.78 is 14.7. The molecule has 21 heavy (non-hydrogen) atoms. The number of H-pyrrole nitrogens is 2. The third-order valence-electron chi connectivity index (χ3n) is 3.39. The van der Waals surface area contributed by atoms with Crippen LogP contribution in [-0.2, 0) is 7.05 Å². The van der Waals surface area contributed by atoms with E-state index in [4.69, 9.17) is 0 Å². The number of nitrogens with one attached hydrogen (secondary N) is 2. The number of aromatic nitrogens is 6. The minimum Gasteiger partial charge on any atom is -0.335 e. The molecule has 1 aromatic carbocycles. The van der Waals surface area contributed by atoms with Crippen molar-refractivity contribution in [1.29, 1.82) is 0 Å². The molecule has 0 fully saturated rings. The first-order valence-electron chi connectivity index (χ1n) is 6.40. The van der Waals surface area contributed by atoms with Gasteiger partial charge in [-0.05, 0) is 24.3 Å². The second-order valence-corrected chi connectivity index (χ2v) is 4.75. The average molecular weight is 282 g/mol. The monoisotopic (exact) mass is 282 g/mol. The minimum absolute atomic E-state index is 0.273. The van der Waals surface area contributed by atoms with Crippen molar-refractivity contribution in [2.24, 2.45) is 7.05 Å². The summed E-state index contributed by atoms with van der Waals surface area (Å²) in [6, 6.07) is 6.21. The first-order valence-corrected chi connectivity index (χ1v) is 6.40. The van der Waals surface area contributed by atoms with Crippen molar-refractivity contribution in [3.05, 3.63) is 42.5 Å². The molecule has 0 aliphatic heterocycles. The summed E-state index contributed by atoms with van der Waals surface area (Å²) >= 11 is 0. The van der Waals surface area contributed by atoms with Crippen molar-refractivity contribution < 1.29 is 4.39 Å². The Labute approximate surface area is 118 Å². The average Bonchev–Trinajstić information content (AvgIpc) is 3.17. The van der Waals surface area contributed by atoms with Gasteiger partial charge in [-0.15, -0.1) is 0 Å². The summed E-state index contributed by atoms with van der Waals surface area (Å²) in [7, 11) is 1.84. The zero-order chi connectivity index (χ0) is 14.4. The molecule has 3 heterocycles. The number of benzene rings is 1. The quantitative estimate of drug-likeness (QED) is 0.593. The van der Waals surface area contributed by atoms with Crippen molar-refractivity contribution >= 4 is 11.2 Å². The van der Waals surface area contributed by atoms with Crippen LogP contribution in [0.15, 0.2) is 36.7 Å². The highest BCUT2D eigenvalue weighted by Crippen LogP contribution is 2.29. The fraction of sp³-hybridized carbons (Fsp3) is 0.0714. The number of fused-ring (bicyclic) bond motifs is 1. The SMILES string of the molecule is Cn1ncc2[nH]c(-c3c[nH]nc3-c3ccc(F)cc3)nc21.